The molecule has 1 fully saturated rings. The van der Waals surface area contributed by atoms with Crippen molar-refractivity contribution in [1.82, 2.24) is 15.5 Å². The molecule has 1 rings (SSSR count). The quantitative estimate of drug-likeness (QED) is 0.710. The molecule has 98 valence electrons. The van der Waals surface area contributed by atoms with Crippen molar-refractivity contribution < 1.29 is 9.59 Å². The summed E-state index contributed by atoms with van der Waals surface area (Å²) in [5.41, 5.74) is 0. The van der Waals surface area contributed by atoms with E-state index in [1.54, 1.807) is 14.1 Å². The van der Waals surface area contributed by atoms with Crippen molar-refractivity contribution in [2.45, 2.75) is 25.7 Å². The third-order valence-corrected chi connectivity index (χ3v) is 3.11. The Morgan fingerprint density at radius 3 is 2.76 bits per heavy atom. The summed E-state index contributed by atoms with van der Waals surface area (Å²) in [6.45, 7) is 2.22. The molecule has 0 spiro atoms. The van der Waals surface area contributed by atoms with Crippen molar-refractivity contribution in [3.05, 3.63) is 0 Å². The molecule has 1 unspecified atom stereocenters. The van der Waals surface area contributed by atoms with Gasteiger partial charge in [0.1, 0.15) is 0 Å². The van der Waals surface area contributed by atoms with Gasteiger partial charge < -0.3 is 15.5 Å². The zero-order chi connectivity index (χ0) is 12.7. The van der Waals surface area contributed by atoms with E-state index in [1.165, 1.54) is 17.7 Å². The Labute approximate surface area is 103 Å². The van der Waals surface area contributed by atoms with E-state index < -0.39 is 0 Å². The molecule has 1 saturated heterocycles. The summed E-state index contributed by atoms with van der Waals surface area (Å²) in [6, 6.07) is 0. The molecule has 1 atom stereocenters. The zero-order valence-electron chi connectivity index (χ0n) is 10.8. The fourth-order valence-corrected chi connectivity index (χ4v) is 1.93. The number of piperidine rings is 1. The maximum atomic E-state index is 11.5. The number of likely N-dealkylation sites (N-methyl/N-ethyl adjacent to an activating group) is 1. The van der Waals surface area contributed by atoms with E-state index in [9.17, 15) is 9.59 Å². The summed E-state index contributed by atoms with van der Waals surface area (Å²) in [4.78, 5) is 24.2. The van der Waals surface area contributed by atoms with Crippen LogP contribution in [0.15, 0.2) is 0 Å². The number of hydrogen-bond acceptors (Lipinski definition) is 3. The van der Waals surface area contributed by atoms with Gasteiger partial charge in [0.05, 0.1) is 6.54 Å². The smallest absolute Gasteiger partial charge is 0.241 e. The molecule has 2 N–H and O–H groups in total. The van der Waals surface area contributed by atoms with Gasteiger partial charge in [-0.15, -0.1) is 0 Å². The second-order valence-corrected chi connectivity index (χ2v) is 4.82. The van der Waals surface area contributed by atoms with Crippen molar-refractivity contribution in [1.29, 1.82) is 0 Å². The molecular formula is C12H23N3O2. The lowest BCUT2D eigenvalue weighted by molar-refractivity contribution is -0.131. The van der Waals surface area contributed by atoms with Crippen LogP contribution in [0.25, 0.3) is 0 Å². The molecule has 0 aliphatic carbocycles. The first-order valence-corrected chi connectivity index (χ1v) is 6.27. The molecule has 0 radical (unpaired) electrons. The molecule has 2 amide bonds. The number of amides is 2. The van der Waals surface area contributed by atoms with Crippen LogP contribution in [0.2, 0.25) is 0 Å². The van der Waals surface area contributed by atoms with Gasteiger partial charge in [0.15, 0.2) is 0 Å². The van der Waals surface area contributed by atoms with Gasteiger partial charge in [-0.05, 0) is 38.3 Å². The van der Waals surface area contributed by atoms with E-state index in [1.807, 2.05) is 0 Å². The highest BCUT2D eigenvalue weighted by molar-refractivity contribution is 5.84. The van der Waals surface area contributed by atoms with Crippen LogP contribution in [-0.2, 0) is 9.59 Å². The van der Waals surface area contributed by atoms with E-state index in [2.05, 4.69) is 10.6 Å². The fraction of sp³-hybridized carbons (Fsp3) is 0.833. The Morgan fingerprint density at radius 1 is 1.41 bits per heavy atom. The van der Waals surface area contributed by atoms with Crippen LogP contribution in [0.5, 0.6) is 0 Å². The van der Waals surface area contributed by atoms with E-state index in [4.69, 9.17) is 0 Å². The average molecular weight is 241 g/mol. The molecule has 0 aromatic carbocycles. The minimum Gasteiger partial charge on any atom is -0.347 e. The Hall–Kier alpha value is -1.10. The van der Waals surface area contributed by atoms with Gasteiger partial charge >= 0.3 is 0 Å². The molecule has 1 aliphatic heterocycles. The molecule has 5 heteroatoms. The van der Waals surface area contributed by atoms with Crippen LogP contribution in [0, 0.1) is 5.92 Å². The number of nitrogens with one attached hydrogen (secondary N) is 2. The van der Waals surface area contributed by atoms with Crippen molar-refractivity contribution >= 4 is 11.8 Å². The molecule has 0 aromatic heterocycles. The lowest BCUT2D eigenvalue weighted by atomic mass is 9.94. The van der Waals surface area contributed by atoms with Crippen LogP contribution in [0.1, 0.15) is 25.7 Å². The Morgan fingerprint density at radius 2 is 2.18 bits per heavy atom. The Bertz CT molecular complexity index is 260. The van der Waals surface area contributed by atoms with Gasteiger partial charge in [-0.3, -0.25) is 9.59 Å². The van der Waals surface area contributed by atoms with E-state index in [0.717, 1.165) is 19.5 Å². The molecule has 0 bridgehead atoms. The highest BCUT2D eigenvalue weighted by Gasteiger charge is 2.14. The molecule has 5 nitrogen and oxygen atoms in total. The van der Waals surface area contributed by atoms with Gasteiger partial charge in [-0.25, -0.2) is 0 Å². The summed E-state index contributed by atoms with van der Waals surface area (Å²) in [5.74, 6) is 0.516. The Kier molecular flexibility index (Phi) is 5.97. The first-order valence-electron chi connectivity index (χ1n) is 6.27. The first-order chi connectivity index (χ1) is 8.09. The van der Waals surface area contributed by atoms with Crippen LogP contribution in [0.4, 0.5) is 0 Å². The summed E-state index contributed by atoms with van der Waals surface area (Å²) in [6.07, 6.45) is 3.84. The summed E-state index contributed by atoms with van der Waals surface area (Å²) < 4.78 is 0. The van der Waals surface area contributed by atoms with Gasteiger partial charge in [0.2, 0.25) is 11.8 Å². The van der Waals surface area contributed by atoms with Gasteiger partial charge in [0.25, 0.3) is 0 Å². The van der Waals surface area contributed by atoms with Gasteiger partial charge in [-0.1, -0.05) is 0 Å². The monoisotopic (exact) mass is 241 g/mol. The second kappa shape index (κ2) is 7.27. The average Bonchev–Trinajstić information content (AvgIpc) is 2.34. The molecule has 1 aliphatic rings. The van der Waals surface area contributed by atoms with Gasteiger partial charge in [-0.2, -0.15) is 0 Å². The van der Waals surface area contributed by atoms with Crippen LogP contribution in [0.3, 0.4) is 0 Å². The number of carbonyl (C=O) groups is 2. The Balaban J connectivity index is 2.10. The normalized spacial score (nSPS) is 19.8. The first kappa shape index (κ1) is 14.0. The summed E-state index contributed by atoms with van der Waals surface area (Å²) in [5, 5.41) is 5.98. The highest BCUT2D eigenvalue weighted by Crippen LogP contribution is 2.15. The molecule has 17 heavy (non-hydrogen) atoms. The van der Waals surface area contributed by atoms with Gasteiger partial charge in [0, 0.05) is 20.5 Å². The molecule has 0 saturated carbocycles. The number of nitrogens with zero attached hydrogens (tertiary/aromatic N) is 1. The molecule has 0 aromatic rings. The predicted octanol–water partition coefficient (Wildman–Crippen LogP) is -0.0294. The number of carbonyl (C=O) groups excluding carboxylic acids is 2. The third-order valence-electron chi connectivity index (χ3n) is 3.11. The van der Waals surface area contributed by atoms with Crippen LogP contribution < -0.4 is 10.6 Å². The maximum absolute atomic E-state index is 11.5. The highest BCUT2D eigenvalue weighted by atomic mass is 16.2. The standard InChI is InChI=1S/C12H23N3O2/c1-15(2)12(17)9-14-11(16)6-5-10-4-3-7-13-8-10/h10,13H,3-9H2,1-2H3,(H,14,16). The van der Waals surface area contributed by atoms with Crippen molar-refractivity contribution in [2.75, 3.05) is 33.7 Å². The largest absolute Gasteiger partial charge is 0.347 e. The third kappa shape index (κ3) is 5.68. The van der Waals surface area contributed by atoms with E-state index in [0.29, 0.717) is 12.3 Å². The summed E-state index contributed by atoms with van der Waals surface area (Å²) >= 11 is 0. The minimum absolute atomic E-state index is 0.0224. The SMILES string of the molecule is CN(C)C(=O)CNC(=O)CCC1CCCNC1. The van der Waals surface area contributed by atoms with Crippen molar-refractivity contribution in [2.24, 2.45) is 5.92 Å². The van der Waals surface area contributed by atoms with Crippen molar-refractivity contribution in [3.63, 3.8) is 0 Å². The van der Waals surface area contributed by atoms with Crippen LogP contribution >= 0.6 is 0 Å². The van der Waals surface area contributed by atoms with Crippen LogP contribution in [-0.4, -0.2) is 50.4 Å². The molecular weight excluding hydrogens is 218 g/mol. The lowest BCUT2D eigenvalue weighted by Gasteiger charge is -2.22. The predicted molar refractivity (Wildman–Crippen MR) is 66.5 cm³/mol. The van der Waals surface area contributed by atoms with Crippen molar-refractivity contribution in [3.8, 4) is 0 Å². The number of rotatable bonds is 5. The summed E-state index contributed by atoms with van der Waals surface area (Å²) in [7, 11) is 3.37. The maximum Gasteiger partial charge on any atom is 0.241 e. The zero-order valence-corrected chi connectivity index (χ0v) is 10.8. The lowest BCUT2D eigenvalue weighted by Crippen LogP contribution is -2.36. The minimum atomic E-state index is -0.0716. The van der Waals surface area contributed by atoms with E-state index >= 15 is 0 Å². The number of hydrogen-bond donors (Lipinski definition) is 2. The topological polar surface area (TPSA) is 61.4 Å². The van der Waals surface area contributed by atoms with E-state index in [-0.39, 0.29) is 18.4 Å². The second-order valence-electron chi connectivity index (χ2n) is 4.82. The molecule has 1 heterocycles. The fourth-order valence-electron chi connectivity index (χ4n) is 1.93.